The summed E-state index contributed by atoms with van der Waals surface area (Å²) in [4.78, 5) is 17.0. The molecule has 176 valence electrons. The number of nitrogens with zero attached hydrogens (tertiary/aromatic N) is 1. The molecule has 1 fully saturated rings. The lowest BCUT2D eigenvalue weighted by atomic mass is 9.71. The van der Waals surface area contributed by atoms with Crippen molar-refractivity contribution in [1.29, 1.82) is 0 Å². The van der Waals surface area contributed by atoms with Gasteiger partial charge in [-0.05, 0) is 59.4 Å². The van der Waals surface area contributed by atoms with E-state index in [1.807, 2.05) is 60.7 Å². The van der Waals surface area contributed by atoms with Gasteiger partial charge in [0.25, 0.3) is 0 Å². The summed E-state index contributed by atoms with van der Waals surface area (Å²) in [5.41, 5.74) is 3.11. The Morgan fingerprint density at radius 1 is 1.00 bits per heavy atom. The number of carbonyl (C=O) groups excluding carboxylic acids is 1. The van der Waals surface area contributed by atoms with E-state index < -0.39 is 11.5 Å². The van der Waals surface area contributed by atoms with Crippen LogP contribution in [0.3, 0.4) is 0 Å². The normalized spacial score (nSPS) is 22.6. The summed E-state index contributed by atoms with van der Waals surface area (Å²) in [6, 6.07) is 23.3. The quantitative estimate of drug-likeness (QED) is 0.516. The third-order valence-corrected chi connectivity index (χ3v) is 7.60. The number of carbonyl (C=O) groups is 1. The van der Waals surface area contributed by atoms with Gasteiger partial charge in [0.1, 0.15) is 5.54 Å². The molecule has 1 unspecified atom stereocenters. The Bertz CT molecular complexity index is 1120. The number of Topliss-reactive ketones (excluding diaryl/α,β-unsaturated/α-hetero) is 1. The second-order valence-electron chi connectivity index (χ2n) is 9.32. The van der Waals surface area contributed by atoms with Gasteiger partial charge in [-0.1, -0.05) is 71.7 Å². The van der Waals surface area contributed by atoms with Gasteiger partial charge in [0.05, 0.1) is 12.0 Å². The fourth-order valence-electron chi connectivity index (χ4n) is 5.44. The maximum Gasteiger partial charge on any atom is 0.170 e. The Labute approximate surface area is 210 Å². The lowest BCUT2D eigenvalue weighted by molar-refractivity contribution is -0.127. The Hall–Kier alpha value is -2.21. The number of hydrogen-bond acceptors (Lipinski definition) is 4. The molecule has 3 aromatic rings. The zero-order valence-electron chi connectivity index (χ0n) is 18.9. The van der Waals surface area contributed by atoms with Crippen LogP contribution in [0.2, 0.25) is 10.0 Å². The summed E-state index contributed by atoms with van der Waals surface area (Å²) in [6.45, 7) is 2.57. The number of fused-ring (bicyclic) bond motifs is 1. The topological polar surface area (TPSA) is 52.6 Å². The van der Waals surface area contributed by atoms with Crippen molar-refractivity contribution in [3.8, 4) is 0 Å². The molecule has 0 bridgehead atoms. The van der Waals surface area contributed by atoms with Crippen LogP contribution in [0, 0.1) is 0 Å². The first-order valence-electron chi connectivity index (χ1n) is 11.8. The number of aliphatic hydroxyl groups excluding tert-OH is 1. The van der Waals surface area contributed by atoms with Gasteiger partial charge in [0.2, 0.25) is 0 Å². The first kappa shape index (κ1) is 23.5. The lowest BCUT2D eigenvalue weighted by Crippen LogP contribution is -2.60. The van der Waals surface area contributed by atoms with Crippen molar-refractivity contribution < 1.29 is 9.90 Å². The second kappa shape index (κ2) is 9.80. The minimum Gasteiger partial charge on any atom is -0.392 e. The van der Waals surface area contributed by atoms with Gasteiger partial charge in [-0.2, -0.15) is 0 Å². The summed E-state index contributed by atoms with van der Waals surface area (Å²) < 4.78 is 0. The second-order valence-corrected chi connectivity index (χ2v) is 10.2. The van der Waals surface area contributed by atoms with Crippen LogP contribution in [0.25, 0.3) is 0 Å². The molecule has 2 heterocycles. The molecule has 0 aliphatic carbocycles. The molecule has 2 aliphatic heterocycles. The zero-order chi connectivity index (χ0) is 23.7. The minimum absolute atomic E-state index is 0.0886. The highest BCUT2D eigenvalue weighted by Gasteiger charge is 2.48. The molecule has 6 heteroatoms. The van der Waals surface area contributed by atoms with E-state index in [1.165, 1.54) is 5.56 Å². The summed E-state index contributed by atoms with van der Waals surface area (Å²) in [5.74, 6) is -0.411. The zero-order valence-corrected chi connectivity index (χ0v) is 20.4. The van der Waals surface area contributed by atoms with Crippen LogP contribution < -0.4 is 5.32 Å². The van der Waals surface area contributed by atoms with Gasteiger partial charge < -0.3 is 5.11 Å². The van der Waals surface area contributed by atoms with Crippen molar-refractivity contribution in [3.05, 3.63) is 105 Å². The number of likely N-dealkylation sites (tertiary alicyclic amines) is 1. The number of β-amino-alcohol motifs (C(OH)–C–C–N with tert-alkyl or cyclic N) is 1. The molecule has 34 heavy (non-hydrogen) atoms. The number of nitrogens with one attached hydrogen (secondary N) is 1. The molecule has 2 atom stereocenters. The molecule has 1 saturated heterocycles. The smallest absolute Gasteiger partial charge is 0.170 e. The van der Waals surface area contributed by atoms with Gasteiger partial charge in [-0.15, -0.1) is 0 Å². The van der Waals surface area contributed by atoms with Crippen LogP contribution in [0.15, 0.2) is 72.8 Å². The molecule has 4 nitrogen and oxygen atoms in total. The van der Waals surface area contributed by atoms with Crippen LogP contribution >= 0.6 is 23.2 Å². The Morgan fingerprint density at radius 2 is 1.62 bits per heavy atom. The average molecular weight is 495 g/mol. The van der Waals surface area contributed by atoms with Crippen LogP contribution in [0.5, 0.6) is 0 Å². The molecule has 5 rings (SSSR count). The SMILES string of the molecule is O=C(C(c1ccc(Cl)cc1)c1ccc(Cl)cc1)C1(CN2CC[C@H](O)C2)NCCc2ccccc21. The number of aliphatic hydroxyl groups is 1. The third-order valence-electron chi connectivity index (χ3n) is 7.10. The third kappa shape index (κ3) is 4.53. The number of halogens is 2. The van der Waals surface area contributed by atoms with Gasteiger partial charge >= 0.3 is 0 Å². The first-order chi connectivity index (χ1) is 16.5. The van der Waals surface area contributed by atoms with Crippen molar-refractivity contribution in [3.63, 3.8) is 0 Å². The Morgan fingerprint density at radius 3 is 2.21 bits per heavy atom. The van der Waals surface area contributed by atoms with Crippen LogP contribution in [0.1, 0.15) is 34.6 Å². The van der Waals surface area contributed by atoms with Gasteiger partial charge in [0, 0.05) is 36.2 Å². The summed E-state index contributed by atoms with van der Waals surface area (Å²) in [6.07, 6.45) is 1.25. The molecule has 0 spiro atoms. The number of rotatable bonds is 6. The van der Waals surface area contributed by atoms with E-state index >= 15 is 0 Å². The number of ketones is 1. The minimum atomic E-state index is -0.900. The standard InChI is InChI=1S/C28H28Cl2N2O2/c29-22-9-5-20(6-10-22)26(21-7-11-23(30)12-8-21)27(34)28(18-32-16-14-24(33)17-32)25-4-2-1-3-19(25)13-15-31-28/h1-12,24,26,31,33H,13-18H2/t24-,28?/m0/s1. The highest BCUT2D eigenvalue weighted by Crippen LogP contribution is 2.39. The lowest BCUT2D eigenvalue weighted by Gasteiger charge is -2.43. The van der Waals surface area contributed by atoms with Crippen molar-refractivity contribution in [2.45, 2.75) is 30.4 Å². The molecule has 0 saturated carbocycles. The average Bonchev–Trinajstić information content (AvgIpc) is 3.26. The van der Waals surface area contributed by atoms with Gasteiger partial charge in [-0.3, -0.25) is 15.0 Å². The van der Waals surface area contributed by atoms with Crippen molar-refractivity contribution in [2.75, 3.05) is 26.2 Å². The first-order valence-corrected chi connectivity index (χ1v) is 12.5. The van der Waals surface area contributed by atoms with E-state index in [0.29, 0.717) is 29.7 Å². The van der Waals surface area contributed by atoms with E-state index in [4.69, 9.17) is 23.2 Å². The molecule has 0 amide bonds. The molecule has 2 aliphatic rings. The van der Waals surface area contributed by atoms with E-state index in [9.17, 15) is 9.90 Å². The maximum atomic E-state index is 14.8. The number of hydrogen-bond donors (Lipinski definition) is 2. The molecule has 3 aromatic carbocycles. The van der Waals surface area contributed by atoms with E-state index in [0.717, 1.165) is 36.1 Å². The molecule has 0 aromatic heterocycles. The van der Waals surface area contributed by atoms with E-state index in [2.05, 4.69) is 22.3 Å². The van der Waals surface area contributed by atoms with Gasteiger partial charge in [0.15, 0.2) is 5.78 Å². The van der Waals surface area contributed by atoms with Crippen LogP contribution in [-0.2, 0) is 16.8 Å². The van der Waals surface area contributed by atoms with Crippen molar-refractivity contribution >= 4 is 29.0 Å². The van der Waals surface area contributed by atoms with Crippen LogP contribution in [0.4, 0.5) is 0 Å². The predicted molar refractivity (Wildman–Crippen MR) is 137 cm³/mol. The summed E-state index contributed by atoms with van der Waals surface area (Å²) >= 11 is 12.4. The maximum absolute atomic E-state index is 14.8. The fraction of sp³-hybridized carbons (Fsp3) is 0.321. The summed E-state index contributed by atoms with van der Waals surface area (Å²) in [5, 5.41) is 15.1. The van der Waals surface area contributed by atoms with Crippen molar-refractivity contribution in [1.82, 2.24) is 10.2 Å². The highest BCUT2D eigenvalue weighted by atomic mass is 35.5. The molecule has 0 radical (unpaired) electrons. The van der Waals surface area contributed by atoms with Gasteiger partial charge in [-0.25, -0.2) is 0 Å². The molecule has 2 N–H and O–H groups in total. The fourth-order valence-corrected chi connectivity index (χ4v) is 5.69. The van der Waals surface area contributed by atoms with E-state index in [-0.39, 0.29) is 11.9 Å². The van der Waals surface area contributed by atoms with Crippen LogP contribution in [-0.4, -0.2) is 48.1 Å². The monoisotopic (exact) mass is 494 g/mol. The number of benzene rings is 3. The van der Waals surface area contributed by atoms with Crippen molar-refractivity contribution in [2.24, 2.45) is 0 Å². The Kier molecular flexibility index (Phi) is 6.79. The largest absolute Gasteiger partial charge is 0.392 e. The van der Waals surface area contributed by atoms with E-state index in [1.54, 1.807) is 0 Å². The Balaban J connectivity index is 1.65. The molecular formula is C28H28Cl2N2O2. The molecular weight excluding hydrogens is 467 g/mol. The predicted octanol–water partition coefficient (Wildman–Crippen LogP) is 4.80. The summed E-state index contributed by atoms with van der Waals surface area (Å²) in [7, 11) is 0. The highest BCUT2D eigenvalue weighted by molar-refractivity contribution is 6.30.